The predicted octanol–water partition coefficient (Wildman–Crippen LogP) is 2.98. The number of anilines is 1. The van der Waals surface area contributed by atoms with E-state index in [4.69, 9.17) is 5.73 Å². The molecule has 0 fully saturated rings. The predicted molar refractivity (Wildman–Crippen MR) is 90.2 cm³/mol. The summed E-state index contributed by atoms with van der Waals surface area (Å²) >= 11 is 1.25. The normalized spacial score (nSPS) is 17.0. The van der Waals surface area contributed by atoms with E-state index in [2.05, 4.69) is 17.3 Å². The van der Waals surface area contributed by atoms with Crippen LogP contribution in [-0.2, 0) is 26.1 Å². The highest BCUT2D eigenvalue weighted by Crippen LogP contribution is 2.39. The quantitative estimate of drug-likeness (QED) is 0.850. The molecule has 3 rings (SSSR count). The van der Waals surface area contributed by atoms with E-state index in [0.717, 1.165) is 28.0 Å². The molecule has 0 saturated heterocycles. The summed E-state index contributed by atoms with van der Waals surface area (Å²) in [6.07, 6.45) is -2.27. The zero-order valence-electron chi connectivity index (χ0n) is 14.1. The lowest BCUT2D eigenvalue weighted by molar-refractivity contribution is -0.141. The smallest absolute Gasteiger partial charge is 0.365 e. The molecule has 3 N–H and O–H groups in total. The number of alkyl halides is 3. The summed E-state index contributed by atoms with van der Waals surface area (Å²) in [6.45, 7) is 2.10. The molecule has 0 unspecified atom stereocenters. The molecule has 0 aromatic carbocycles. The minimum Gasteiger partial charge on any atom is -0.365 e. The Kier molecular flexibility index (Phi) is 4.55. The maximum absolute atomic E-state index is 12.8. The first-order valence-corrected chi connectivity index (χ1v) is 8.76. The fourth-order valence-corrected chi connectivity index (χ4v) is 4.50. The van der Waals surface area contributed by atoms with Crippen molar-refractivity contribution in [2.24, 2.45) is 18.7 Å². The number of nitrogens with one attached hydrogen (secondary N) is 1. The summed E-state index contributed by atoms with van der Waals surface area (Å²) < 4.78 is 39.2. The van der Waals surface area contributed by atoms with Crippen molar-refractivity contribution in [1.82, 2.24) is 9.78 Å². The molecule has 0 saturated carbocycles. The first kappa shape index (κ1) is 18.4. The molecule has 0 aliphatic heterocycles. The van der Waals surface area contributed by atoms with Crippen molar-refractivity contribution in [3.05, 3.63) is 33.5 Å². The van der Waals surface area contributed by atoms with Gasteiger partial charge in [0, 0.05) is 18.0 Å². The number of hydrogen-bond donors (Lipinski definition) is 2. The summed E-state index contributed by atoms with van der Waals surface area (Å²) in [5.74, 6) is -0.977. The van der Waals surface area contributed by atoms with Crippen LogP contribution in [0.5, 0.6) is 0 Å². The highest BCUT2D eigenvalue weighted by molar-refractivity contribution is 7.17. The van der Waals surface area contributed by atoms with Crippen LogP contribution in [0.2, 0.25) is 0 Å². The van der Waals surface area contributed by atoms with Crippen LogP contribution in [0.15, 0.2) is 6.07 Å². The van der Waals surface area contributed by atoms with E-state index in [9.17, 15) is 22.8 Å². The number of primary amides is 1. The van der Waals surface area contributed by atoms with E-state index in [0.29, 0.717) is 18.4 Å². The second-order valence-electron chi connectivity index (χ2n) is 6.41. The lowest BCUT2D eigenvalue weighted by Gasteiger charge is -2.18. The zero-order valence-corrected chi connectivity index (χ0v) is 14.9. The van der Waals surface area contributed by atoms with Gasteiger partial charge in [0.2, 0.25) is 0 Å². The van der Waals surface area contributed by atoms with Crippen molar-refractivity contribution in [2.75, 3.05) is 5.32 Å². The Bertz CT molecular complexity index is 885. The van der Waals surface area contributed by atoms with Crippen molar-refractivity contribution < 1.29 is 22.8 Å². The Morgan fingerprint density at radius 1 is 1.42 bits per heavy atom. The van der Waals surface area contributed by atoms with E-state index in [-0.39, 0.29) is 16.3 Å². The molecular weight excluding hydrogens is 369 g/mol. The molecule has 1 aliphatic carbocycles. The number of nitrogens with zero attached hydrogens (tertiary/aromatic N) is 2. The third-order valence-corrected chi connectivity index (χ3v) is 5.56. The minimum absolute atomic E-state index is 0.253. The molecule has 1 aliphatic rings. The Balaban J connectivity index is 1.93. The number of carbonyl (C=O) groups excluding carboxylic acids is 2. The molecule has 0 spiro atoms. The maximum atomic E-state index is 12.8. The lowest BCUT2D eigenvalue weighted by atomic mass is 9.88. The number of aryl methyl sites for hydroxylation is 1. The fourth-order valence-electron chi connectivity index (χ4n) is 3.08. The molecule has 2 aromatic heterocycles. The van der Waals surface area contributed by atoms with Gasteiger partial charge < -0.3 is 11.1 Å². The molecule has 1 atom stereocenters. The molecule has 2 amide bonds. The van der Waals surface area contributed by atoms with Gasteiger partial charge in [0.25, 0.3) is 11.8 Å². The number of carbonyl (C=O) groups is 2. The van der Waals surface area contributed by atoms with Gasteiger partial charge >= 0.3 is 6.18 Å². The van der Waals surface area contributed by atoms with Crippen LogP contribution < -0.4 is 11.1 Å². The third-order valence-electron chi connectivity index (χ3n) is 4.39. The molecule has 2 heterocycles. The molecule has 0 radical (unpaired) electrons. The zero-order chi connectivity index (χ0) is 19.2. The second kappa shape index (κ2) is 6.42. The summed E-state index contributed by atoms with van der Waals surface area (Å²) in [6, 6.07) is 0.675. The monoisotopic (exact) mass is 386 g/mol. The van der Waals surface area contributed by atoms with Gasteiger partial charge in [-0.15, -0.1) is 11.3 Å². The highest BCUT2D eigenvalue weighted by Gasteiger charge is 2.36. The standard InChI is InChI=1S/C16H17F3N4O2S/c1-7-3-4-8-10(5-7)26-15(12(8)13(20)24)21-14(25)9-6-11(16(17,18)19)22-23(9)2/h6-7H,3-5H2,1-2H3,(H2,20,24)(H,21,25)/t7-/m0/s1. The van der Waals surface area contributed by atoms with Crippen LogP contribution in [-0.4, -0.2) is 21.6 Å². The summed E-state index contributed by atoms with van der Waals surface area (Å²) in [7, 11) is 1.25. The van der Waals surface area contributed by atoms with Gasteiger partial charge in [0.15, 0.2) is 5.69 Å². The van der Waals surface area contributed by atoms with Crippen LogP contribution in [0.25, 0.3) is 0 Å². The first-order chi connectivity index (χ1) is 12.1. The summed E-state index contributed by atoms with van der Waals surface area (Å²) in [5, 5.41) is 6.13. The Hall–Kier alpha value is -2.36. The van der Waals surface area contributed by atoms with Gasteiger partial charge in [-0.1, -0.05) is 6.92 Å². The van der Waals surface area contributed by atoms with Crippen molar-refractivity contribution in [2.45, 2.75) is 32.4 Å². The van der Waals surface area contributed by atoms with Gasteiger partial charge in [0.05, 0.1) is 5.56 Å². The van der Waals surface area contributed by atoms with Crippen molar-refractivity contribution >= 4 is 28.2 Å². The van der Waals surface area contributed by atoms with Crippen molar-refractivity contribution in [3.8, 4) is 0 Å². The second-order valence-corrected chi connectivity index (χ2v) is 7.52. The van der Waals surface area contributed by atoms with Gasteiger partial charge in [-0.3, -0.25) is 14.3 Å². The summed E-state index contributed by atoms with van der Waals surface area (Å²) in [5.41, 5.74) is 5.15. The first-order valence-electron chi connectivity index (χ1n) is 7.94. The van der Waals surface area contributed by atoms with E-state index in [1.807, 2.05) is 0 Å². The number of fused-ring (bicyclic) bond motifs is 1. The Labute approximate surface area is 151 Å². The van der Waals surface area contributed by atoms with E-state index in [1.165, 1.54) is 18.4 Å². The molecule has 26 heavy (non-hydrogen) atoms. The number of amides is 2. The lowest BCUT2D eigenvalue weighted by Crippen LogP contribution is -2.20. The SMILES string of the molecule is C[C@H]1CCc2c(sc(NC(=O)c3cc(C(F)(F)F)nn3C)c2C(N)=O)C1. The number of aromatic nitrogens is 2. The molecular formula is C16H17F3N4O2S. The Morgan fingerprint density at radius 3 is 2.69 bits per heavy atom. The minimum atomic E-state index is -4.65. The van der Waals surface area contributed by atoms with E-state index < -0.39 is 23.7 Å². The van der Waals surface area contributed by atoms with Crippen LogP contribution in [0.4, 0.5) is 18.2 Å². The molecule has 0 bridgehead atoms. The molecule has 2 aromatic rings. The van der Waals surface area contributed by atoms with Gasteiger partial charge in [-0.25, -0.2) is 0 Å². The maximum Gasteiger partial charge on any atom is 0.435 e. The average Bonchev–Trinajstić information content (AvgIpc) is 3.06. The van der Waals surface area contributed by atoms with Gasteiger partial charge in [-0.2, -0.15) is 18.3 Å². The molecule has 10 heteroatoms. The van der Waals surface area contributed by atoms with Crippen molar-refractivity contribution in [1.29, 1.82) is 0 Å². The summed E-state index contributed by atoms with van der Waals surface area (Å²) in [4.78, 5) is 25.3. The largest absolute Gasteiger partial charge is 0.435 e. The topological polar surface area (TPSA) is 90.0 Å². The highest BCUT2D eigenvalue weighted by atomic mass is 32.1. The van der Waals surface area contributed by atoms with E-state index >= 15 is 0 Å². The van der Waals surface area contributed by atoms with Crippen LogP contribution in [0, 0.1) is 5.92 Å². The fraction of sp³-hybridized carbons (Fsp3) is 0.438. The average molecular weight is 386 g/mol. The van der Waals surface area contributed by atoms with Crippen molar-refractivity contribution in [3.63, 3.8) is 0 Å². The van der Waals surface area contributed by atoms with Gasteiger partial charge in [0.1, 0.15) is 10.7 Å². The number of halogens is 3. The van der Waals surface area contributed by atoms with Gasteiger partial charge in [-0.05, 0) is 30.7 Å². The number of hydrogen-bond acceptors (Lipinski definition) is 4. The van der Waals surface area contributed by atoms with E-state index in [1.54, 1.807) is 0 Å². The van der Waals surface area contributed by atoms with Crippen LogP contribution in [0.1, 0.15) is 50.3 Å². The Morgan fingerprint density at radius 2 is 2.12 bits per heavy atom. The number of nitrogens with two attached hydrogens (primary N) is 1. The van der Waals surface area contributed by atoms with Crippen LogP contribution >= 0.6 is 11.3 Å². The van der Waals surface area contributed by atoms with Crippen LogP contribution in [0.3, 0.4) is 0 Å². The number of rotatable bonds is 3. The molecule has 6 nitrogen and oxygen atoms in total. The molecule has 140 valence electrons. The third kappa shape index (κ3) is 3.33. The number of thiophene rings is 1.